The Morgan fingerprint density at radius 1 is 1.12 bits per heavy atom. The van der Waals surface area contributed by atoms with Crippen LogP contribution in [0.5, 0.6) is 5.75 Å². The largest absolute Gasteiger partial charge is 0.490 e. The Balaban J connectivity index is 1.58. The van der Waals surface area contributed by atoms with Crippen LogP contribution in [0.15, 0.2) is 54.6 Å². The lowest BCUT2D eigenvalue weighted by Crippen LogP contribution is -2.34. The van der Waals surface area contributed by atoms with Crippen molar-refractivity contribution < 1.29 is 4.74 Å². The Kier molecular flexibility index (Phi) is 5.77. The number of hydrogen-bond acceptors (Lipinski definition) is 4. The molecular formula is C27H31N5O. The summed E-state index contributed by atoms with van der Waals surface area (Å²) in [5.74, 6) is 2.34. The molecule has 1 aromatic heterocycles. The molecular weight excluding hydrogens is 410 g/mol. The maximum atomic E-state index is 7.96. The second kappa shape index (κ2) is 8.87. The standard InChI is InChI=1S/C27H31N5O/c1-17(2)27-31-24-10-8-20(33-19-11-13-30-14-12-19)15-25(24)32(27)16-18-7-9-23(26(28)29)22-6-4-3-5-21(18)22/h3-10,15,17,19,30H,11-14,16H2,1-2H3,(H3,28,29). The molecule has 4 aromatic rings. The smallest absolute Gasteiger partial charge is 0.123 e. The Hall–Kier alpha value is -3.38. The number of nitrogens with two attached hydrogens (primary N) is 1. The first-order chi connectivity index (χ1) is 16.0. The summed E-state index contributed by atoms with van der Waals surface area (Å²) in [6.07, 6.45) is 2.32. The van der Waals surface area contributed by atoms with E-state index < -0.39 is 0 Å². The fraction of sp³-hybridized carbons (Fsp3) is 0.333. The van der Waals surface area contributed by atoms with E-state index in [0.29, 0.717) is 6.54 Å². The van der Waals surface area contributed by atoms with E-state index in [1.54, 1.807) is 0 Å². The molecule has 1 fully saturated rings. The molecule has 0 saturated carbocycles. The number of ether oxygens (including phenoxy) is 1. The van der Waals surface area contributed by atoms with Gasteiger partial charge in [0.15, 0.2) is 0 Å². The molecule has 0 bridgehead atoms. The van der Waals surface area contributed by atoms with Crippen LogP contribution in [0.3, 0.4) is 0 Å². The van der Waals surface area contributed by atoms with Gasteiger partial charge in [-0.05, 0) is 54.4 Å². The summed E-state index contributed by atoms with van der Waals surface area (Å²) in [7, 11) is 0. The minimum atomic E-state index is 0.0911. The zero-order valence-electron chi connectivity index (χ0n) is 19.3. The zero-order chi connectivity index (χ0) is 22.9. The average Bonchev–Trinajstić information content (AvgIpc) is 3.18. The first-order valence-electron chi connectivity index (χ1n) is 11.7. The van der Waals surface area contributed by atoms with Crippen molar-refractivity contribution in [3.63, 3.8) is 0 Å². The molecule has 0 unspecified atom stereocenters. The lowest BCUT2D eigenvalue weighted by atomic mass is 9.98. The molecule has 2 heterocycles. The molecule has 3 aromatic carbocycles. The fourth-order valence-corrected chi connectivity index (χ4v) is 4.81. The zero-order valence-corrected chi connectivity index (χ0v) is 19.3. The number of nitrogens with zero attached hydrogens (tertiary/aromatic N) is 2. The quantitative estimate of drug-likeness (QED) is 0.297. The lowest BCUT2D eigenvalue weighted by Gasteiger charge is -2.24. The fourth-order valence-electron chi connectivity index (χ4n) is 4.81. The van der Waals surface area contributed by atoms with Crippen LogP contribution >= 0.6 is 0 Å². The molecule has 1 aliphatic heterocycles. The molecule has 6 nitrogen and oxygen atoms in total. The lowest BCUT2D eigenvalue weighted by molar-refractivity contribution is 0.162. The molecule has 4 N–H and O–H groups in total. The third kappa shape index (κ3) is 4.18. The van der Waals surface area contributed by atoms with Crippen LogP contribution in [0.1, 0.15) is 49.6 Å². The van der Waals surface area contributed by atoms with Crippen LogP contribution in [0.25, 0.3) is 21.8 Å². The van der Waals surface area contributed by atoms with E-state index in [-0.39, 0.29) is 17.9 Å². The number of fused-ring (bicyclic) bond motifs is 2. The molecule has 6 heteroatoms. The topological polar surface area (TPSA) is 89.0 Å². The number of amidine groups is 1. The third-order valence-corrected chi connectivity index (χ3v) is 6.49. The van der Waals surface area contributed by atoms with Crippen molar-refractivity contribution in [3.05, 3.63) is 71.5 Å². The van der Waals surface area contributed by atoms with Crippen LogP contribution in [-0.2, 0) is 6.54 Å². The summed E-state index contributed by atoms with van der Waals surface area (Å²) in [5.41, 5.74) is 9.87. The van der Waals surface area contributed by atoms with Gasteiger partial charge in [0.05, 0.1) is 11.0 Å². The van der Waals surface area contributed by atoms with Crippen LogP contribution in [0.4, 0.5) is 0 Å². The maximum absolute atomic E-state index is 7.96. The number of benzene rings is 3. The highest BCUT2D eigenvalue weighted by Gasteiger charge is 2.19. The number of nitrogens with one attached hydrogen (secondary N) is 2. The van der Waals surface area contributed by atoms with Gasteiger partial charge in [-0.1, -0.05) is 50.2 Å². The molecule has 0 atom stereocenters. The summed E-state index contributed by atoms with van der Waals surface area (Å²) in [5, 5.41) is 13.5. The van der Waals surface area contributed by atoms with Gasteiger partial charge in [-0.25, -0.2) is 4.98 Å². The number of imidazole rings is 1. The number of rotatable bonds is 6. The van der Waals surface area contributed by atoms with Crippen molar-refractivity contribution in [2.75, 3.05) is 13.1 Å². The second-order valence-electron chi connectivity index (χ2n) is 9.16. The highest BCUT2D eigenvalue weighted by Crippen LogP contribution is 2.30. The van der Waals surface area contributed by atoms with Gasteiger partial charge in [0.1, 0.15) is 23.5 Å². The van der Waals surface area contributed by atoms with E-state index in [1.165, 1.54) is 5.56 Å². The van der Waals surface area contributed by atoms with Crippen molar-refractivity contribution >= 4 is 27.6 Å². The summed E-state index contributed by atoms with van der Waals surface area (Å²) >= 11 is 0. The highest BCUT2D eigenvalue weighted by atomic mass is 16.5. The van der Waals surface area contributed by atoms with Crippen LogP contribution in [0, 0.1) is 5.41 Å². The normalized spacial score (nSPS) is 14.9. The van der Waals surface area contributed by atoms with Crippen molar-refractivity contribution in [2.45, 2.75) is 45.3 Å². The second-order valence-corrected chi connectivity index (χ2v) is 9.16. The van der Waals surface area contributed by atoms with Gasteiger partial charge >= 0.3 is 0 Å². The predicted octanol–water partition coefficient (Wildman–Crippen LogP) is 4.78. The van der Waals surface area contributed by atoms with Crippen molar-refractivity contribution in [1.82, 2.24) is 14.9 Å². The summed E-state index contributed by atoms with van der Waals surface area (Å²) in [6, 6.07) is 18.5. The number of nitrogen functional groups attached to an aromatic ring is 1. The van der Waals surface area contributed by atoms with Crippen molar-refractivity contribution in [3.8, 4) is 5.75 Å². The molecule has 5 rings (SSSR count). The minimum absolute atomic E-state index is 0.0911. The SMILES string of the molecule is CC(C)c1nc2ccc(OC3CCNCC3)cc2n1Cc1ccc(C(=N)N)c2ccccc12. The molecule has 0 spiro atoms. The third-order valence-electron chi connectivity index (χ3n) is 6.49. The van der Waals surface area contributed by atoms with Gasteiger partial charge in [0, 0.05) is 24.1 Å². The predicted molar refractivity (Wildman–Crippen MR) is 134 cm³/mol. The van der Waals surface area contributed by atoms with Gasteiger partial charge in [0.25, 0.3) is 0 Å². The van der Waals surface area contributed by atoms with Gasteiger partial charge in [0.2, 0.25) is 0 Å². The van der Waals surface area contributed by atoms with E-state index in [1.807, 2.05) is 30.3 Å². The minimum Gasteiger partial charge on any atom is -0.490 e. The Morgan fingerprint density at radius 2 is 1.88 bits per heavy atom. The number of aromatic nitrogens is 2. The van der Waals surface area contributed by atoms with Crippen LogP contribution < -0.4 is 15.8 Å². The highest BCUT2D eigenvalue weighted by molar-refractivity contribution is 6.08. The average molecular weight is 442 g/mol. The molecule has 170 valence electrons. The molecule has 1 aliphatic rings. The van der Waals surface area contributed by atoms with Gasteiger partial charge in [-0.15, -0.1) is 0 Å². The molecule has 33 heavy (non-hydrogen) atoms. The first-order valence-corrected chi connectivity index (χ1v) is 11.7. The van der Waals surface area contributed by atoms with Gasteiger partial charge in [-0.2, -0.15) is 0 Å². The van der Waals surface area contributed by atoms with E-state index in [4.69, 9.17) is 20.9 Å². The number of hydrogen-bond donors (Lipinski definition) is 3. The molecule has 1 saturated heterocycles. The maximum Gasteiger partial charge on any atom is 0.123 e. The van der Waals surface area contributed by atoms with Gasteiger partial charge < -0.3 is 20.4 Å². The van der Waals surface area contributed by atoms with E-state index in [0.717, 1.165) is 64.9 Å². The monoisotopic (exact) mass is 441 g/mol. The van der Waals surface area contributed by atoms with Crippen molar-refractivity contribution in [2.24, 2.45) is 5.73 Å². The van der Waals surface area contributed by atoms with Crippen molar-refractivity contribution in [1.29, 1.82) is 5.41 Å². The Morgan fingerprint density at radius 3 is 2.61 bits per heavy atom. The molecule has 0 amide bonds. The Labute approximate surface area is 194 Å². The molecule has 0 radical (unpaired) electrons. The summed E-state index contributed by atoms with van der Waals surface area (Å²) < 4.78 is 8.64. The van der Waals surface area contributed by atoms with E-state index in [9.17, 15) is 0 Å². The van der Waals surface area contributed by atoms with Crippen LogP contribution in [0.2, 0.25) is 0 Å². The molecule has 0 aliphatic carbocycles. The summed E-state index contributed by atoms with van der Waals surface area (Å²) in [4.78, 5) is 4.97. The van der Waals surface area contributed by atoms with E-state index in [2.05, 4.69) is 48.0 Å². The van der Waals surface area contributed by atoms with Crippen LogP contribution in [-0.4, -0.2) is 34.6 Å². The first kappa shape index (κ1) is 21.5. The van der Waals surface area contributed by atoms with Gasteiger partial charge in [-0.3, -0.25) is 5.41 Å². The Bertz CT molecular complexity index is 1320. The summed E-state index contributed by atoms with van der Waals surface area (Å²) in [6.45, 7) is 7.07. The number of piperidine rings is 1. The van der Waals surface area contributed by atoms with E-state index >= 15 is 0 Å².